The molecule has 0 bridgehead atoms. The van der Waals surface area contributed by atoms with Crippen molar-refractivity contribution in [1.82, 2.24) is 20.3 Å². The van der Waals surface area contributed by atoms with Crippen molar-refractivity contribution in [2.45, 2.75) is 24.9 Å². The molecule has 1 aromatic carbocycles. The highest BCUT2D eigenvalue weighted by Crippen LogP contribution is 2.23. The third-order valence-corrected chi connectivity index (χ3v) is 4.11. The summed E-state index contributed by atoms with van der Waals surface area (Å²) in [4.78, 5) is 33.5. The molecule has 0 saturated heterocycles. The van der Waals surface area contributed by atoms with E-state index >= 15 is 0 Å². The van der Waals surface area contributed by atoms with E-state index in [2.05, 4.69) is 20.3 Å². The average molecular weight is 357 g/mol. The van der Waals surface area contributed by atoms with Crippen molar-refractivity contribution in [1.29, 1.82) is 0 Å². The topological polar surface area (TPSA) is 157 Å². The largest absolute Gasteiger partial charge is 0.508 e. The molecule has 0 radical (unpaired) electrons. The number of carboxylic acid groups (broad SMARTS) is 1. The number of aliphatic carboxylic acids is 1. The van der Waals surface area contributed by atoms with Crippen LogP contribution in [0.4, 0.5) is 0 Å². The Morgan fingerprint density at radius 3 is 2.77 bits per heavy atom. The molecule has 0 aliphatic rings. The Morgan fingerprint density at radius 2 is 2.08 bits per heavy atom. The molecule has 26 heavy (non-hydrogen) atoms. The number of hydrogen-bond acceptors (Lipinski definition) is 5. The summed E-state index contributed by atoms with van der Waals surface area (Å²) in [6.45, 7) is 0. The number of amides is 1. The molecule has 0 saturated carbocycles. The van der Waals surface area contributed by atoms with E-state index in [1.165, 1.54) is 6.33 Å². The number of H-pyrrole nitrogens is 2. The number of aromatic nitrogens is 3. The van der Waals surface area contributed by atoms with Gasteiger partial charge in [-0.15, -0.1) is 0 Å². The van der Waals surface area contributed by atoms with Gasteiger partial charge in [0.2, 0.25) is 5.91 Å². The number of nitrogens with zero attached hydrogens (tertiary/aromatic N) is 1. The number of benzene rings is 1. The summed E-state index contributed by atoms with van der Waals surface area (Å²) in [6.07, 6.45) is 4.98. The van der Waals surface area contributed by atoms with E-state index < -0.39 is 24.0 Å². The number of carbonyl (C=O) groups excluding carboxylic acids is 1. The Balaban J connectivity index is 1.68. The number of hydrogen-bond donors (Lipinski definition) is 6. The van der Waals surface area contributed by atoms with E-state index in [9.17, 15) is 19.8 Å². The van der Waals surface area contributed by atoms with Crippen LogP contribution < -0.4 is 11.1 Å². The van der Waals surface area contributed by atoms with E-state index in [0.717, 1.165) is 16.5 Å². The molecular formula is C17H19N5O4. The monoisotopic (exact) mass is 357 g/mol. The number of nitrogens with one attached hydrogen (secondary N) is 3. The molecule has 2 aromatic heterocycles. The minimum absolute atomic E-state index is 0.0538. The number of phenolic OH excluding ortho intramolecular Hbond substituents is 1. The number of imidazole rings is 1. The predicted molar refractivity (Wildman–Crippen MR) is 93.5 cm³/mol. The van der Waals surface area contributed by atoms with E-state index in [4.69, 9.17) is 5.73 Å². The molecule has 3 aromatic rings. The van der Waals surface area contributed by atoms with Crippen molar-refractivity contribution in [3.05, 3.63) is 48.2 Å². The molecule has 1 amide bonds. The third-order valence-electron chi connectivity index (χ3n) is 4.11. The summed E-state index contributed by atoms with van der Waals surface area (Å²) >= 11 is 0. The summed E-state index contributed by atoms with van der Waals surface area (Å²) in [5.41, 5.74) is 8.06. The summed E-state index contributed by atoms with van der Waals surface area (Å²) in [7, 11) is 0. The van der Waals surface area contributed by atoms with E-state index in [1.54, 1.807) is 30.6 Å². The number of aromatic hydroxyl groups is 1. The Kier molecular flexibility index (Phi) is 4.90. The average Bonchev–Trinajstić information content (AvgIpc) is 3.24. The Morgan fingerprint density at radius 1 is 1.27 bits per heavy atom. The molecule has 0 fully saturated rings. The molecule has 136 valence electrons. The van der Waals surface area contributed by atoms with Gasteiger partial charge in [0.15, 0.2) is 0 Å². The van der Waals surface area contributed by atoms with Crippen molar-refractivity contribution in [3.8, 4) is 5.75 Å². The second kappa shape index (κ2) is 7.28. The van der Waals surface area contributed by atoms with Crippen LogP contribution in [0.3, 0.4) is 0 Å². The Bertz CT molecular complexity index is 919. The fraction of sp³-hybridized carbons (Fsp3) is 0.235. The van der Waals surface area contributed by atoms with E-state index in [-0.39, 0.29) is 18.6 Å². The summed E-state index contributed by atoms with van der Waals surface area (Å²) in [5, 5.41) is 22.1. The van der Waals surface area contributed by atoms with Gasteiger partial charge < -0.3 is 31.2 Å². The summed E-state index contributed by atoms with van der Waals surface area (Å²) in [6, 6.07) is 2.82. The first-order chi connectivity index (χ1) is 12.4. The van der Waals surface area contributed by atoms with Gasteiger partial charge in [-0.25, -0.2) is 9.78 Å². The van der Waals surface area contributed by atoms with Gasteiger partial charge in [0.1, 0.15) is 11.8 Å². The molecule has 0 aliphatic carbocycles. The van der Waals surface area contributed by atoms with Crippen LogP contribution in [0.2, 0.25) is 0 Å². The number of fused-ring (bicyclic) bond motifs is 1. The second-order valence-corrected chi connectivity index (χ2v) is 6.02. The fourth-order valence-corrected chi connectivity index (χ4v) is 2.76. The second-order valence-electron chi connectivity index (χ2n) is 6.02. The van der Waals surface area contributed by atoms with Crippen LogP contribution >= 0.6 is 0 Å². The Labute approximate surface area is 148 Å². The number of phenols is 1. The highest BCUT2D eigenvalue weighted by molar-refractivity contribution is 5.89. The first-order valence-electron chi connectivity index (χ1n) is 7.99. The van der Waals surface area contributed by atoms with Gasteiger partial charge >= 0.3 is 5.97 Å². The SMILES string of the molecule is NC(Cc1c[nH]c2ccc(O)cc12)C(=O)NC(Cc1c[nH]cn1)C(=O)O. The number of carboxylic acids is 1. The Hall–Kier alpha value is -3.33. The maximum absolute atomic E-state index is 12.3. The molecule has 7 N–H and O–H groups in total. The standard InChI is InChI=1S/C17H19N5O4/c18-13(3-9-6-20-14-2-1-11(23)5-12(9)14)16(24)22-15(17(25)26)4-10-7-19-8-21-10/h1-2,5-8,13,15,20,23H,3-4,18H2,(H,19,21)(H,22,24)(H,25,26). The summed E-state index contributed by atoms with van der Waals surface area (Å²) in [5.74, 6) is -1.62. The molecular weight excluding hydrogens is 338 g/mol. The number of aromatic amines is 2. The molecule has 2 heterocycles. The normalized spacial score (nSPS) is 13.4. The zero-order valence-electron chi connectivity index (χ0n) is 13.8. The van der Waals surface area contributed by atoms with Crippen molar-refractivity contribution < 1.29 is 19.8 Å². The van der Waals surface area contributed by atoms with Crippen LogP contribution in [0, 0.1) is 0 Å². The van der Waals surface area contributed by atoms with Crippen molar-refractivity contribution in [2.75, 3.05) is 0 Å². The van der Waals surface area contributed by atoms with Crippen molar-refractivity contribution in [2.24, 2.45) is 5.73 Å². The van der Waals surface area contributed by atoms with Crippen molar-refractivity contribution >= 4 is 22.8 Å². The van der Waals surface area contributed by atoms with E-state index in [0.29, 0.717) is 5.69 Å². The van der Waals surface area contributed by atoms with Gasteiger partial charge in [-0.05, 0) is 30.2 Å². The van der Waals surface area contributed by atoms with Gasteiger partial charge in [0, 0.05) is 29.7 Å². The minimum atomic E-state index is -1.16. The molecule has 9 nitrogen and oxygen atoms in total. The number of carbonyl (C=O) groups is 2. The van der Waals surface area contributed by atoms with E-state index in [1.807, 2.05) is 0 Å². The lowest BCUT2D eigenvalue weighted by Crippen LogP contribution is -2.50. The number of rotatable bonds is 7. The highest BCUT2D eigenvalue weighted by atomic mass is 16.4. The van der Waals surface area contributed by atoms with Gasteiger partial charge in [0.05, 0.1) is 18.1 Å². The van der Waals surface area contributed by atoms with Crippen LogP contribution in [-0.4, -0.2) is 49.1 Å². The fourth-order valence-electron chi connectivity index (χ4n) is 2.76. The third kappa shape index (κ3) is 3.83. The van der Waals surface area contributed by atoms with Gasteiger partial charge in [-0.3, -0.25) is 4.79 Å². The molecule has 0 spiro atoms. The van der Waals surface area contributed by atoms with Crippen molar-refractivity contribution in [3.63, 3.8) is 0 Å². The van der Waals surface area contributed by atoms with Gasteiger partial charge in [0.25, 0.3) is 0 Å². The first-order valence-corrected chi connectivity index (χ1v) is 7.99. The highest BCUT2D eigenvalue weighted by Gasteiger charge is 2.25. The predicted octanol–water partition coefficient (Wildman–Crippen LogP) is 0.278. The first kappa shape index (κ1) is 17.5. The lowest BCUT2D eigenvalue weighted by atomic mass is 10.0. The quantitative estimate of drug-likeness (QED) is 0.356. The molecule has 2 atom stereocenters. The van der Waals surface area contributed by atoms with Crippen LogP contribution in [0.25, 0.3) is 10.9 Å². The van der Waals surface area contributed by atoms with Gasteiger partial charge in [-0.2, -0.15) is 0 Å². The molecule has 9 heteroatoms. The maximum atomic E-state index is 12.3. The zero-order valence-corrected chi connectivity index (χ0v) is 13.8. The van der Waals surface area contributed by atoms with Gasteiger partial charge in [-0.1, -0.05) is 0 Å². The minimum Gasteiger partial charge on any atom is -0.508 e. The van der Waals surface area contributed by atoms with Crippen LogP contribution in [0.1, 0.15) is 11.3 Å². The smallest absolute Gasteiger partial charge is 0.326 e. The van der Waals surface area contributed by atoms with Crippen LogP contribution in [-0.2, 0) is 22.4 Å². The molecule has 3 rings (SSSR count). The summed E-state index contributed by atoms with van der Waals surface area (Å²) < 4.78 is 0. The van der Waals surface area contributed by atoms with Crippen LogP contribution in [0.15, 0.2) is 36.9 Å². The molecule has 0 aliphatic heterocycles. The molecule has 2 unspecified atom stereocenters. The lowest BCUT2D eigenvalue weighted by molar-refractivity contribution is -0.142. The lowest BCUT2D eigenvalue weighted by Gasteiger charge is -2.17. The maximum Gasteiger partial charge on any atom is 0.326 e. The van der Waals surface area contributed by atoms with Crippen LogP contribution in [0.5, 0.6) is 5.75 Å². The zero-order chi connectivity index (χ0) is 18.7. The number of nitrogens with two attached hydrogens (primary N) is 1.